The first-order chi connectivity index (χ1) is 14.4. The predicted molar refractivity (Wildman–Crippen MR) is 108 cm³/mol. The third kappa shape index (κ3) is 2.96. The molecular weight excluding hydrogens is 388 g/mol. The number of methoxy groups -OCH3 is 1. The maximum Gasteiger partial charge on any atom is 0.322 e. The normalized spacial score (nSPS) is 17.2. The topological polar surface area (TPSA) is 118 Å². The lowest BCUT2D eigenvalue weighted by molar-refractivity contribution is -0.138. The van der Waals surface area contributed by atoms with E-state index in [1.807, 2.05) is 34.9 Å². The van der Waals surface area contributed by atoms with Crippen molar-refractivity contribution in [3.63, 3.8) is 0 Å². The van der Waals surface area contributed by atoms with Crippen molar-refractivity contribution in [3.8, 4) is 17.0 Å². The summed E-state index contributed by atoms with van der Waals surface area (Å²) in [4.78, 5) is 36.9. The van der Waals surface area contributed by atoms with Gasteiger partial charge in [0.2, 0.25) is 0 Å². The van der Waals surface area contributed by atoms with E-state index in [4.69, 9.17) is 9.84 Å². The summed E-state index contributed by atoms with van der Waals surface area (Å²) >= 11 is 0. The summed E-state index contributed by atoms with van der Waals surface area (Å²) in [7, 11) is 1.58. The maximum atomic E-state index is 13.5. The lowest BCUT2D eigenvalue weighted by Gasteiger charge is -2.37. The van der Waals surface area contributed by atoms with Crippen LogP contribution in [-0.2, 0) is 19.9 Å². The number of carboxylic acid groups (broad SMARTS) is 1. The highest BCUT2D eigenvalue weighted by Gasteiger charge is 2.51. The van der Waals surface area contributed by atoms with E-state index < -0.39 is 35.5 Å². The summed E-state index contributed by atoms with van der Waals surface area (Å²) in [5.41, 5.74) is 0.649. The average molecular weight is 410 g/mol. The van der Waals surface area contributed by atoms with Crippen LogP contribution in [0.4, 0.5) is 0 Å². The number of aromatic nitrogens is 1. The van der Waals surface area contributed by atoms with Crippen LogP contribution in [-0.4, -0.2) is 46.1 Å². The number of aliphatic carboxylic acids is 1. The first-order valence-corrected chi connectivity index (χ1v) is 9.74. The molecule has 30 heavy (non-hydrogen) atoms. The SMILES string of the molecule is COc1ccc(-c2ccc3n2C2(CCCC2)C(=O)C(C(=O)NCC(=O)O)=C3O)cc1. The summed E-state index contributed by atoms with van der Waals surface area (Å²) in [6, 6.07) is 10.9. The zero-order valence-electron chi connectivity index (χ0n) is 16.5. The van der Waals surface area contributed by atoms with Crippen LogP contribution in [0.15, 0.2) is 42.0 Å². The van der Waals surface area contributed by atoms with Crippen LogP contribution >= 0.6 is 0 Å². The number of amides is 1. The van der Waals surface area contributed by atoms with E-state index in [0.29, 0.717) is 24.3 Å². The van der Waals surface area contributed by atoms with Crippen molar-refractivity contribution in [2.24, 2.45) is 0 Å². The first-order valence-electron chi connectivity index (χ1n) is 9.74. The van der Waals surface area contributed by atoms with E-state index in [0.717, 1.165) is 24.1 Å². The molecule has 8 nitrogen and oxygen atoms in total. The Balaban J connectivity index is 1.86. The van der Waals surface area contributed by atoms with Gasteiger partial charge in [0, 0.05) is 5.69 Å². The number of nitrogens with one attached hydrogen (secondary N) is 1. The quantitative estimate of drug-likeness (QED) is 0.652. The number of aliphatic hydroxyl groups excluding tert-OH is 1. The number of rotatable bonds is 5. The lowest BCUT2D eigenvalue weighted by Crippen LogP contribution is -2.48. The predicted octanol–water partition coefficient (Wildman–Crippen LogP) is 2.49. The van der Waals surface area contributed by atoms with Gasteiger partial charge in [-0.2, -0.15) is 0 Å². The number of carbonyl (C=O) groups excluding carboxylic acids is 2. The van der Waals surface area contributed by atoms with Gasteiger partial charge in [-0.1, -0.05) is 12.8 Å². The van der Waals surface area contributed by atoms with Crippen molar-refractivity contribution in [2.45, 2.75) is 31.2 Å². The van der Waals surface area contributed by atoms with E-state index in [2.05, 4.69) is 5.32 Å². The largest absolute Gasteiger partial charge is 0.505 e. The number of carboxylic acids is 1. The second-order valence-corrected chi connectivity index (χ2v) is 7.54. The fourth-order valence-corrected chi connectivity index (χ4v) is 4.51. The van der Waals surface area contributed by atoms with Crippen molar-refractivity contribution in [1.82, 2.24) is 9.88 Å². The van der Waals surface area contributed by atoms with E-state index in [-0.39, 0.29) is 5.57 Å². The molecule has 1 fully saturated rings. The lowest BCUT2D eigenvalue weighted by atomic mass is 9.82. The van der Waals surface area contributed by atoms with Gasteiger partial charge in [-0.05, 0) is 54.8 Å². The fourth-order valence-electron chi connectivity index (χ4n) is 4.51. The van der Waals surface area contributed by atoms with Crippen LogP contribution in [0.3, 0.4) is 0 Å². The number of aliphatic hydroxyl groups is 1. The number of ether oxygens (including phenoxy) is 1. The van der Waals surface area contributed by atoms with Gasteiger partial charge in [-0.15, -0.1) is 0 Å². The smallest absolute Gasteiger partial charge is 0.322 e. The van der Waals surface area contributed by atoms with Gasteiger partial charge < -0.3 is 24.8 Å². The minimum atomic E-state index is -1.23. The van der Waals surface area contributed by atoms with Crippen molar-refractivity contribution in [3.05, 3.63) is 47.7 Å². The molecule has 156 valence electrons. The Morgan fingerprint density at radius 1 is 1.10 bits per heavy atom. The molecule has 4 rings (SSSR count). The zero-order valence-corrected chi connectivity index (χ0v) is 16.5. The molecule has 0 atom stereocenters. The monoisotopic (exact) mass is 410 g/mol. The first kappa shape index (κ1) is 19.8. The average Bonchev–Trinajstić information content (AvgIpc) is 3.39. The molecule has 2 heterocycles. The summed E-state index contributed by atoms with van der Waals surface area (Å²) in [6.45, 7) is -0.631. The number of fused-ring (bicyclic) bond motifs is 2. The summed E-state index contributed by atoms with van der Waals surface area (Å²) in [5, 5.41) is 21.9. The van der Waals surface area contributed by atoms with Crippen LogP contribution in [0.5, 0.6) is 5.75 Å². The second-order valence-electron chi connectivity index (χ2n) is 7.54. The third-order valence-electron chi connectivity index (χ3n) is 5.88. The Hall–Kier alpha value is -3.55. The summed E-state index contributed by atoms with van der Waals surface area (Å²) < 4.78 is 7.05. The highest BCUT2D eigenvalue weighted by atomic mass is 16.5. The number of nitrogens with zero attached hydrogens (tertiary/aromatic N) is 1. The van der Waals surface area contributed by atoms with Gasteiger partial charge in [0.25, 0.3) is 5.91 Å². The molecule has 1 aromatic carbocycles. The Bertz CT molecular complexity index is 1060. The Labute approximate surface area is 172 Å². The molecule has 1 amide bonds. The Morgan fingerprint density at radius 3 is 2.33 bits per heavy atom. The van der Waals surface area contributed by atoms with Crippen molar-refractivity contribution in [1.29, 1.82) is 0 Å². The van der Waals surface area contributed by atoms with E-state index in [1.165, 1.54) is 0 Å². The van der Waals surface area contributed by atoms with Crippen LogP contribution in [0.25, 0.3) is 17.0 Å². The van der Waals surface area contributed by atoms with Crippen molar-refractivity contribution >= 4 is 23.4 Å². The number of hydrogen-bond donors (Lipinski definition) is 3. The highest BCUT2D eigenvalue weighted by Crippen LogP contribution is 2.48. The zero-order chi connectivity index (χ0) is 21.5. The van der Waals surface area contributed by atoms with Crippen LogP contribution in [0.2, 0.25) is 0 Å². The standard InChI is InChI=1S/C22H22N2O6/c1-30-14-6-4-13(5-7-14)15-8-9-16-19(27)18(21(29)23-12-17(25)26)20(28)22(24(15)16)10-2-3-11-22/h4-9,27H,2-3,10-12H2,1H3,(H,23,29)(H,25,26). The molecule has 1 saturated carbocycles. The van der Waals surface area contributed by atoms with Crippen molar-refractivity contribution < 1.29 is 29.3 Å². The molecule has 1 spiro atoms. The molecular formula is C22H22N2O6. The number of hydrogen-bond acceptors (Lipinski definition) is 5. The second kappa shape index (κ2) is 7.37. The van der Waals surface area contributed by atoms with Gasteiger partial charge in [0.1, 0.15) is 23.4 Å². The van der Waals surface area contributed by atoms with Gasteiger partial charge in [-0.3, -0.25) is 14.4 Å². The number of carbonyl (C=O) groups is 3. The van der Waals surface area contributed by atoms with Crippen LogP contribution < -0.4 is 10.1 Å². The van der Waals surface area contributed by atoms with E-state index in [1.54, 1.807) is 13.2 Å². The molecule has 0 radical (unpaired) electrons. The minimum absolute atomic E-state index is 0.370. The summed E-state index contributed by atoms with van der Waals surface area (Å²) in [5.74, 6) is -2.30. The Morgan fingerprint density at radius 2 is 1.73 bits per heavy atom. The number of ketones is 1. The molecule has 0 unspecified atom stereocenters. The van der Waals surface area contributed by atoms with Crippen molar-refractivity contribution in [2.75, 3.05) is 13.7 Å². The van der Waals surface area contributed by atoms with Gasteiger partial charge in [0.15, 0.2) is 11.5 Å². The molecule has 1 aromatic heterocycles. The number of Topliss-reactive ketones (excluding diaryl/α,β-unsaturated/α-hetero) is 1. The molecule has 8 heteroatoms. The number of benzene rings is 1. The van der Waals surface area contributed by atoms with Crippen LogP contribution in [0.1, 0.15) is 31.4 Å². The molecule has 2 aromatic rings. The molecule has 2 aliphatic rings. The van der Waals surface area contributed by atoms with E-state index >= 15 is 0 Å². The molecule has 1 aliphatic heterocycles. The van der Waals surface area contributed by atoms with Gasteiger partial charge in [0.05, 0.1) is 12.8 Å². The minimum Gasteiger partial charge on any atom is -0.505 e. The third-order valence-corrected chi connectivity index (χ3v) is 5.88. The maximum absolute atomic E-state index is 13.5. The molecule has 0 saturated heterocycles. The Kier molecular flexibility index (Phi) is 4.85. The highest BCUT2D eigenvalue weighted by molar-refractivity contribution is 6.27. The molecule has 3 N–H and O–H groups in total. The van der Waals surface area contributed by atoms with Gasteiger partial charge >= 0.3 is 5.97 Å². The van der Waals surface area contributed by atoms with Gasteiger partial charge in [-0.25, -0.2) is 0 Å². The summed E-state index contributed by atoms with van der Waals surface area (Å²) in [6.07, 6.45) is 2.71. The fraction of sp³-hybridized carbons (Fsp3) is 0.318. The van der Waals surface area contributed by atoms with Crippen LogP contribution in [0, 0.1) is 0 Å². The molecule has 1 aliphatic carbocycles. The molecule has 0 bridgehead atoms. The van der Waals surface area contributed by atoms with E-state index in [9.17, 15) is 19.5 Å².